The van der Waals surface area contributed by atoms with Crippen LogP contribution >= 0.6 is 15.9 Å². The summed E-state index contributed by atoms with van der Waals surface area (Å²) in [6.45, 7) is 0. The highest BCUT2D eigenvalue weighted by atomic mass is 79.9. The van der Waals surface area contributed by atoms with Gasteiger partial charge >= 0.3 is 6.18 Å². The number of hydrogen-bond acceptors (Lipinski definition) is 3. The molecule has 0 fully saturated rings. The van der Waals surface area contributed by atoms with E-state index in [1.165, 1.54) is 6.20 Å². The van der Waals surface area contributed by atoms with Crippen LogP contribution < -0.4 is 5.73 Å². The van der Waals surface area contributed by atoms with Gasteiger partial charge in [-0.2, -0.15) is 13.2 Å². The molecule has 1 unspecified atom stereocenters. The maximum atomic E-state index is 12.9. The van der Waals surface area contributed by atoms with E-state index in [0.717, 1.165) is 22.9 Å². The van der Waals surface area contributed by atoms with E-state index in [1.54, 1.807) is 12.1 Å². The molecule has 2 rings (SSSR count). The van der Waals surface area contributed by atoms with E-state index in [4.69, 9.17) is 5.73 Å². The monoisotopic (exact) mass is 331 g/mol. The van der Waals surface area contributed by atoms with Gasteiger partial charge in [-0.3, -0.25) is 9.97 Å². The second-order valence-corrected chi connectivity index (χ2v) is 4.76. The van der Waals surface area contributed by atoms with Gasteiger partial charge in [-0.05, 0) is 34.1 Å². The number of hydrogen-bond donors (Lipinski definition) is 1. The van der Waals surface area contributed by atoms with E-state index >= 15 is 0 Å². The van der Waals surface area contributed by atoms with Gasteiger partial charge in [0.25, 0.3) is 0 Å². The molecule has 2 aromatic heterocycles. The quantitative estimate of drug-likeness (QED) is 0.918. The number of nitrogens with zero attached hydrogens (tertiary/aromatic N) is 2. The molecule has 0 aliphatic heterocycles. The molecule has 3 nitrogen and oxygen atoms in total. The van der Waals surface area contributed by atoms with Crippen LogP contribution in [0.15, 0.2) is 41.3 Å². The summed E-state index contributed by atoms with van der Waals surface area (Å²) >= 11 is 3.20. The lowest BCUT2D eigenvalue weighted by atomic mass is 10.0. The highest BCUT2D eigenvalue weighted by Crippen LogP contribution is 2.34. The maximum Gasteiger partial charge on any atom is 0.416 e. The number of aromatic nitrogens is 2. The molecule has 0 aromatic carbocycles. The molecule has 0 spiro atoms. The summed E-state index contributed by atoms with van der Waals surface area (Å²) in [5.41, 5.74) is 5.31. The fourth-order valence-corrected chi connectivity index (χ4v) is 1.88. The SMILES string of the molecule is NC(c1ccc(Br)cn1)c1cnccc1C(F)(F)F. The van der Waals surface area contributed by atoms with Crippen LogP contribution in [0.25, 0.3) is 0 Å². The predicted octanol–water partition coefficient (Wildman–Crippen LogP) is 3.31. The first kappa shape index (κ1) is 14.0. The maximum absolute atomic E-state index is 12.9. The third-order valence-corrected chi connectivity index (χ3v) is 3.03. The van der Waals surface area contributed by atoms with E-state index in [-0.39, 0.29) is 5.56 Å². The average Bonchev–Trinajstić information content (AvgIpc) is 2.38. The molecular formula is C12H9BrF3N3. The van der Waals surface area contributed by atoms with Gasteiger partial charge in [0.1, 0.15) is 0 Å². The topological polar surface area (TPSA) is 51.8 Å². The van der Waals surface area contributed by atoms with E-state index in [2.05, 4.69) is 25.9 Å². The standard InChI is InChI=1S/C12H9BrF3N3/c13-7-1-2-10(19-5-7)11(17)8-6-18-4-3-9(8)12(14,15)16/h1-6,11H,17H2. The zero-order chi connectivity index (χ0) is 14.0. The molecule has 100 valence electrons. The first-order valence-electron chi connectivity index (χ1n) is 5.27. The van der Waals surface area contributed by atoms with E-state index in [0.29, 0.717) is 5.69 Å². The van der Waals surface area contributed by atoms with Crippen molar-refractivity contribution in [3.63, 3.8) is 0 Å². The molecule has 0 amide bonds. The lowest BCUT2D eigenvalue weighted by Gasteiger charge is -2.17. The van der Waals surface area contributed by atoms with E-state index < -0.39 is 17.8 Å². The summed E-state index contributed by atoms with van der Waals surface area (Å²) < 4.78 is 39.4. The minimum Gasteiger partial charge on any atom is -0.319 e. The Morgan fingerprint density at radius 2 is 1.89 bits per heavy atom. The molecule has 1 atom stereocenters. The molecular weight excluding hydrogens is 323 g/mol. The van der Waals surface area contributed by atoms with Crippen LogP contribution in [0.3, 0.4) is 0 Å². The van der Waals surface area contributed by atoms with Gasteiger partial charge in [-0.25, -0.2) is 0 Å². The minimum absolute atomic E-state index is 0.0928. The summed E-state index contributed by atoms with van der Waals surface area (Å²) in [5.74, 6) is 0. The van der Waals surface area contributed by atoms with Gasteiger partial charge in [-0.1, -0.05) is 0 Å². The summed E-state index contributed by atoms with van der Waals surface area (Å²) in [6.07, 6.45) is -0.769. The molecule has 0 aliphatic rings. The van der Waals surface area contributed by atoms with Crippen LogP contribution in [-0.4, -0.2) is 9.97 Å². The predicted molar refractivity (Wildman–Crippen MR) is 67.2 cm³/mol. The van der Waals surface area contributed by atoms with Crippen LogP contribution in [0.2, 0.25) is 0 Å². The molecule has 2 heterocycles. The van der Waals surface area contributed by atoms with Crippen molar-refractivity contribution in [3.05, 3.63) is 58.1 Å². The van der Waals surface area contributed by atoms with Crippen molar-refractivity contribution < 1.29 is 13.2 Å². The zero-order valence-corrected chi connectivity index (χ0v) is 11.1. The Bertz CT molecular complexity index is 569. The number of halogens is 4. The van der Waals surface area contributed by atoms with Gasteiger partial charge in [0.15, 0.2) is 0 Å². The molecule has 2 aromatic rings. The Labute approximate surface area is 115 Å². The summed E-state index contributed by atoms with van der Waals surface area (Å²) in [6, 6.07) is 3.18. The summed E-state index contributed by atoms with van der Waals surface area (Å²) in [4.78, 5) is 7.72. The summed E-state index contributed by atoms with van der Waals surface area (Å²) in [5, 5.41) is 0. The van der Waals surface area contributed by atoms with Gasteiger partial charge in [0, 0.05) is 28.6 Å². The molecule has 0 radical (unpaired) electrons. The zero-order valence-electron chi connectivity index (χ0n) is 9.53. The van der Waals surface area contributed by atoms with Crippen LogP contribution in [0.4, 0.5) is 13.2 Å². The fraction of sp³-hybridized carbons (Fsp3) is 0.167. The van der Waals surface area contributed by atoms with E-state index in [1.807, 2.05) is 0 Å². The summed E-state index contributed by atoms with van der Waals surface area (Å²) in [7, 11) is 0. The van der Waals surface area contributed by atoms with Gasteiger partial charge in [0.2, 0.25) is 0 Å². The molecule has 2 N–H and O–H groups in total. The molecule has 0 saturated carbocycles. The van der Waals surface area contributed by atoms with Crippen molar-refractivity contribution in [1.82, 2.24) is 9.97 Å². The lowest BCUT2D eigenvalue weighted by Crippen LogP contribution is -2.19. The minimum atomic E-state index is -4.47. The molecule has 0 bridgehead atoms. The van der Waals surface area contributed by atoms with Crippen LogP contribution in [0, 0.1) is 0 Å². The van der Waals surface area contributed by atoms with Gasteiger partial charge < -0.3 is 5.73 Å². The van der Waals surface area contributed by atoms with Crippen LogP contribution in [0.1, 0.15) is 22.9 Å². The number of alkyl halides is 3. The Balaban J connectivity index is 2.44. The Morgan fingerprint density at radius 1 is 1.16 bits per heavy atom. The second-order valence-electron chi connectivity index (χ2n) is 3.84. The first-order chi connectivity index (χ1) is 8.89. The number of nitrogens with two attached hydrogens (primary N) is 1. The smallest absolute Gasteiger partial charge is 0.319 e. The van der Waals surface area contributed by atoms with Gasteiger partial charge in [-0.15, -0.1) is 0 Å². The third kappa shape index (κ3) is 3.10. The Kier molecular flexibility index (Phi) is 3.86. The van der Waals surface area contributed by atoms with E-state index in [9.17, 15) is 13.2 Å². The first-order valence-corrected chi connectivity index (χ1v) is 6.07. The molecule has 0 aliphatic carbocycles. The second kappa shape index (κ2) is 5.26. The van der Waals surface area contributed by atoms with Crippen molar-refractivity contribution in [3.8, 4) is 0 Å². The Morgan fingerprint density at radius 3 is 2.47 bits per heavy atom. The number of rotatable bonds is 2. The van der Waals surface area contributed by atoms with Crippen molar-refractivity contribution in [2.75, 3.05) is 0 Å². The van der Waals surface area contributed by atoms with Gasteiger partial charge in [0.05, 0.1) is 17.3 Å². The normalized spacial score (nSPS) is 13.3. The molecule has 0 saturated heterocycles. The van der Waals surface area contributed by atoms with Crippen LogP contribution in [-0.2, 0) is 6.18 Å². The van der Waals surface area contributed by atoms with Crippen molar-refractivity contribution >= 4 is 15.9 Å². The van der Waals surface area contributed by atoms with Crippen molar-refractivity contribution in [1.29, 1.82) is 0 Å². The van der Waals surface area contributed by atoms with Crippen molar-refractivity contribution in [2.45, 2.75) is 12.2 Å². The largest absolute Gasteiger partial charge is 0.416 e. The molecule has 19 heavy (non-hydrogen) atoms. The average molecular weight is 332 g/mol. The van der Waals surface area contributed by atoms with Crippen molar-refractivity contribution in [2.24, 2.45) is 5.73 Å². The Hall–Kier alpha value is -1.47. The highest BCUT2D eigenvalue weighted by Gasteiger charge is 2.35. The fourth-order valence-electron chi connectivity index (χ4n) is 1.64. The third-order valence-electron chi connectivity index (χ3n) is 2.56. The number of pyridine rings is 2. The highest BCUT2D eigenvalue weighted by molar-refractivity contribution is 9.10. The lowest BCUT2D eigenvalue weighted by molar-refractivity contribution is -0.138. The molecule has 7 heteroatoms. The van der Waals surface area contributed by atoms with Crippen LogP contribution in [0.5, 0.6) is 0 Å².